The molecule has 1 amide bonds. The molecule has 1 aliphatic rings. The van der Waals surface area contributed by atoms with Crippen LogP contribution in [-0.2, 0) is 0 Å². The molecule has 1 fully saturated rings. The third-order valence-electron chi connectivity index (χ3n) is 6.36. The van der Waals surface area contributed by atoms with Crippen LogP contribution in [-0.4, -0.2) is 59.0 Å². The van der Waals surface area contributed by atoms with Gasteiger partial charge in [0.25, 0.3) is 5.91 Å². The highest BCUT2D eigenvalue weighted by molar-refractivity contribution is 6.36. The van der Waals surface area contributed by atoms with E-state index in [-0.39, 0.29) is 18.1 Å². The molecule has 10 heteroatoms. The molecule has 0 bridgehead atoms. The second kappa shape index (κ2) is 10.5. The van der Waals surface area contributed by atoms with E-state index in [0.29, 0.717) is 34.1 Å². The normalized spacial score (nSPS) is 14.2. The first kappa shape index (κ1) is 24.6. The number of aromatic nitrogens is 3. The number of fused-ring (bicyclic) bond motifs is 1. The summed E-state index contributed by atoms with van der Waals surface area (Å²) in [5, 5.41) is 20.1. The van der Waals surface area contributed by atoms with Crippen LogP contribution >= 0.6 is 0 Å². The Morgan fingerprint density at radius 2 is 1.84 bits per heavy atom. The van der Waals surface area contributed by atoms with Crippen molar-refractivity contribution in [1.82, 2.24) is 20.3 Å². The molecule has 5 rings (SSSR count). The monoisotopic (exact) mass is 495 g/mol. The van der Waals surface area contributed by atoms with E-state index in [1.165, 1.54) is 0 Å². The quantitative estimate of drug-likeness (QED) is 0.250. The molecule has 37 heavy (non-hydrogen) atoms. The van der Waals surface area contributed by atoms with E-state index in [1.54, 1.807) is 12.1 Å². The van der Waals surface area contributed by atoms with Gasteiger partial charge in [0.05, 0.1) is 11.5 Å². The van der Waals surface area contributed by atoms with Crippen molar-refractivity contribution in [2.45, 2.75) is 38.8 Å². The van der Waals surface area contributed by atoms with Gasteiger partial charge in [-0.15, -0.1) is 0 Å². The predicted octanol–water partition coefficient (Wildman–Crippen LogP) is 3.34. The summed E-state index contributed by atoms with van der Waals surface area (Å²) in [6.45, 7) is 5.47. The minimum atomic E-state index is -0.222. The van der Waals surface area contributed by atoms with Gasteiger partial charge in [0.2, 0.25) is 5.95 Å². The minimum absolute atomic E-state index is 0.0724. The zero-order chi connectivity index (χ0) is 25.9. The van der Waals surface area contributed by atoms with Gasteiger partial charge in [0, 0.05) is 48.0 Å². The topological polar surface area (TPSA) is 118 Å². The summed E-state index contributed by atoms with van der Waals surface area (Å²) in [5.74, 6) is 0.908. The molecule has 2 aromatic carbocycles. The molecule has 0 spiro atoms. The summed E-state index contributed by atoms with van der Waals surface area (Å²) >= 11 is 0. The van der Waals surface area contributed by atoms with Crippen molar-refractivity contribution in [2.75, 3.05) is 28.6 Å². The number of hydrogen-bond acceptors (Lipinski definition) is 7. The van der Waals surface area contributed by atoms with Crippen LogP contribution < -0.4 is 26.3 Å². The summed E-state index contributed by atoms with van der Waals surface area (Å²) in [5.41, 5.74) is 4.39. The Hall–Kier alpha value is -4.05. The largest absolute Gasteiger partial charge is 0.393 e. The number of carbonyl (C=O) groups is 1. The molecule has 0 atom stereocenters. The molecule has 0 aliphatic carbocycles. The molecule has 1 saturated heterocycles. The van der Waals surface area contributed by atoms with Crippen LogP contribution in [0.2, 0.25) is 0 Å². The van der Waals surface area contributed by atoms with Crippen molar-refractivity contribution >= 4 is 59.1 Å². The first-order valence-electron chi connectivity index (χ1n) is 12.5. The average molecular weight is 495 g/mol. The molecule has 1 aliphatic heterocycles. The van der Waals surface area contributed by atoms with E-state index in [9.17, 15) is 9.90 Å². The summed E-state index contributed by atoms with van der Waals surface area (Å²) < 4.78 is 0. The van der Waals surface area contributed by atoms with E-state index in [4.69, 9.17) is 12.8 Å². The second-order valence-electron chi connectivity index (χ2n) is 9.58. The van der Waals surface area contributed by atoms with Gasteiger partial charge in [-0.1, -0.05) is 5.46 Å². The van der Waals surface area contributed by atoms with Crippen molar-refractivity contribution in [3.8, 4) is 0 Å². The fraction of sp³-hybridized carbons (Fsp3) is 0.296. The molecular weight excluding hydrogens is 465 g/mol. The number of piperidine rings is 1. The smallest absolute Gasteiger partial charge is 0.251 e. The van der Waals surface area contributed by atoms with Crippen LogP contribution in [0.3, 0.4) is 0 Å². The van der Waals surface area contributed by atoms with Crippen LogP contribution in [0.5, 0.6) is 0 Å². The second-order valence-corrected chi connectivity index (χ2v) is 9.58. The lowest BCUT2D eigenvalue weighted by Crippen LogP contribution is -2.36. The number of hydrogen-bond donors (Lipinski definition) is 5. The molecule has 188 valence electrons. The number of aliphatic hydroxyl groups is 1. The van der Waals surface area contributed by atoms with Crippen LogP contribution in [0, 0.1) is 0 Å². The highest BCUT2D eigenvalue weighted by Crippen LogP contribution is 2.27. The number of aromatic amines is 1. The van der Waals surface area contributed by atoms with Crippen molar-refractivity contribution in [3.05, 3.63) is 60.3 Å². The van der Waals surface area contributed by atoms with Gasteiger partial charge >= 0.3 is 0 Å². The van der Waals surface area contributed by atoms with E-state index < -0.39 is 0 Å². The summed E-state index contributed by atoms with van der Waals surface area (Å²) in [6.07, 6.45) is 3.10. The summed E-state index contributed by atoms with van der Waals surface area (Å²) in [7, 11) is 6.38. The SMILES string of the molecule is [B]c1cc(N2CCC(O)CC2)ccc1Nc1nc(Nc2ccc(C(=O)NC(C)C)cc2)c2cc[nH]c2n1. The van der Waals surface area contributed by atoms with E-state index in [0.717, 1.165) is 42.7 Å². The van der Waals surface area contributed by atoms with E-state index >= 15 is 0 Å². The lowest BCUT2D eigenvalue weighted by atomic mass is 9.93. The molecule has 2 radical (unpaired) electrons. The Labute approximate surface area is 217 Å². The number of carbonyl (C=O) groups excluding carboxylic acids is 1. The fourth-order valence-corrected chi connectivity index (χ4v) is 4.38. The van der Waals surface area contributed by atoms with Crippen molar-refractivity contribution in [1.29, 1.82) is 0 Å². The maximum absolute atomic E-state index is 12.2. The zero-order valence-electron chi connectivity index (χ0n) is 21.0. The molecular formula is C27H30BN7O2. The standard InChI is InChI=1S/C27H30BN7O2/c1-16(2)30-26(37)17-3-5-18(6-4-17)31-25-21-9-12-29-24(21)33-27(34-25)32-23-8-7-19(15-22(23)28)35-13-10-20(36)11-14-35/h3-9,12,15-16,20,36H,10-11,13-14H2,1-2H3,(H,30,37)(H3,29,31,32,33,34). The number of nitrogens with one attached hydrogen (secondary N) is 4. The Balaban J connectivity index is 1.34. The van der Waals surface area contributed by atoms with Gasteiger partial charge in [-0.3, -0.25) is 4.79 Å². The number of anilines is 5. The first-order chi connectivity index (χ1) is 17.9. The maximum atomic E-state index is 12.2. The van der Waals surface area contributed by atoms with Crippen LogP contribution in [0.25, 0.3) is 11.0 Å². The fourth-order valence-electron chi connectivity index (χ4n) is 4.38. The Kier molecular flexibility index (Phi) is 7.00. The van der Waals surface area contributed by atoms with Gasteiger partial charge in [-0.25, -0.2) is 0 Å². The van der Waals surface area contributed by atoms with Crippen molar-refractivity contribution < 1.29 is 9.90 Å². The molecule has 4 aromatic rings. The van der Waals surface area contributed by atoms with Crippen LogP contribution in [0.4, 0.5) is 28.8 Å². The number of rotatable bonds is 7. The molecule has 9 nitrogen and oxygen atoms in total. The number of aliphatic hydroxyl groups excluding tert-OH is 1. The van der Waals surface area contributed by atoms with Gasteiger partial charge in [0.1, 0.15) is 19.3 Å². The molecule has 0 saturated carbocycles. The van der Waals surface area contributed by atoms with E-state index in [1.807, 2.05) is 56.4 Å². The van der Waals surface area contributed by atoms with Crippen molar-refractivity contribution in [2.24, 2.45) is 0 Å². The summed E-state index contributed by atoms with van der Waals surface area (Å²) in [6, 6.07) is 15.1. The number of nitrogens with zero attached hydrogens (tertiary/aromatic N) is 3. The molecule has 0 unspecified atom stereocenters. The molecule has 3 heterocycles. The predicted molar refractivity (Wildman–Crippen MR) is 149 cm³/mol. The maximum Gasteiger partial charge on any atom is 0.251 e. The minimum Gasteiger partial charge on any atom is -0.393 e. The van der Waals surface area contributed by atoms with Crippen molar-refractivity contribution in [3.63, 3.8) is 0 Å². The van der Waals surface area contributed by atoms with Gasteiger partial charge in [-0.2, -0.15) is 9.97 Å². The zero-order valence-corrected chi connectivity index (χ0v) is 21.0. The Morgan fingerprint density at radius 1 is 1.08 bits per heavy atom. The molecule has 2 aromatic heterocycles. The van der Waals surface area contributed by atoms with Crippen LogP contribution in [0.15, 0.2) is 54.7 Å². The number of benzene rings is 2. The van der Waals surface area contributed by atoms with Gasteiger partial charge in [0.15, 0.2) is 0 Å². The Morgan fingerprint density at radius 3 is 2.54 bits per heavy atom. The average Bonchev–Trinajstić information content (AvgIpc) is 3.35. The molecule has 5 N–H and O–H groups in total. The first-order valence-corrected chi connectivity index (χ1v) is 12.5. The third-order valence-corrected chi connectivity index (χ3v) is 6.36. The van der Waals surface area contributed by atoms with E-state index in [2.05, 4.69) is 30.8 Å². The van der Waals surface area contributed by atoms with Gasteiger partial charge in [-0.05, 0) is 75.2 Å². The highest BCUT2D eigenvalue weighted by Gasteiger charge is 2.18. The third kappa shape index (κ3) is 5.70. The number of H-pyrrole nitrogens is 1. The Bertz CT molecular complexity index is 1400. The lowest BCUT2D eigenvalue weighted by Gasteiger charge is -2.32. The number of amides is 1. The van der Waals surface area contributed by atoms with Crippen LogP contribution in [0.1, 0.15) is 37.0 Å². The highest BCUT2D eigenvalue weighted by atomic mass is 16.3. The lowest BCUT2D eigenvalue weighted by molar-refractivity contribution is 0.0943. The summed E-state index contributed by atoms with van der Waals surface area (Å²) in [4.78, 5) is 26.9. The van der Waals surface area contributed by atoms with Gasteiger partial charge < -0.3 is 30.9 Å².